The molecule has 1 aromatic rings. The van der Waals surface area contributed by atoms with Crippen molar-refractivity contribution in [2.75, 3.05) is 33.3 Å². The van der Waals surface area contributed by atoms with E-state index in [0.29, 0.717) is 13.0 Å². The standard InChI is InChI=1S/C18H27N3O5/c1-17(20-16(24)13-4-3-9-25-13)12-18(26-11-14(17)22)5-7-21(8-6-18)10-15(23)19-2/h3-4,9,14,22H,5-8,10-12H2,1-2H3,(H,19,23)(H,20,24)/t14-,17-/m1/s1. The predicted octanol–water partition coefficient (Wildman–Crippen LogP) is 0.130. The first kappa shape index (κ1) is 18.9. The maximum atomic E-state index is 12.4. The predicted molar refractivity (Wildman–Crippen MR) is 93.6 cm³/mol. The first-order valence-electron chi connectivity index (χ1n) is 8.97. The molecule has 26 heavy (non-hydrogen) atoms. The summed E-state index contributed by atoms with van der Waals surface area (Å²) in [5.41, 5.74) is -1.20. The van der Waals surface area contributed by atoms with E-state index < -0.39 is 17.2 Å². The van der Waals surface area contributed by atoms with E-state index in [1.54, 1.807) is 19.2 Å². The minimum atomic E-state index is -0.801. The summed E-state index contributed by atoms with van der Waals surface area (Å²) in [6.45, 7) is 3.88. The Morgan fingerprint density at radius 1 is 1.38 bits per heavy atom. The van der Waals surface area contributed by atoms with Crippen molar-refractivity contribution in [2.45, 2.75) is 43.4 Å². The minimum absolute atomic E-state index is 0.00326. The summed E-state index contributed by atoms with van der Waals surface area (Å²) in [7, 11) is 1.63. The molecule has 3 N–H and O–H groups in total. The summed E-state index contributed by atoms with van der Waals surface area (Å²) in [6, 6.07) is 3.25. The van der Waals surface area contributed by atoms with Gasteiger partial charge in [0.25, 0.3) is 5.91 Å². The van der Waals surface area contributed by atoms with Gasteiger partial charge in [0.15, 0.2) is 5.76 Å². The molecule has 3 heterocycles. The molecule has 0 unspecified atom stereocenters. The molecule has 2 amide bonds. The van der Waals surface area contributed by atoms with Gasteiger partial charge in [0, 0.05) is 26.6 Å². The van der Waals surface area contributed by atoms with Crippen LogP contribution in [0.1, 0.15) is 36.7 Å². The molecule has 1 spiro atoms. The second-order valence-electron chi connectivity index (χ2n) is 7.48. The van der Waals surface area contributed by atoms with Crippen molar-refractivity contribution in [3.8, 4) is 0 Å². The smallest absolute Gasteiger partial charge is 0.287 e. The zero-order chi connectivity index (χ0) is 18.8. The zero-order valence-electron chi connectivity index (χ0n) is 15.3. The Bertz CT molecular complexity index is 639. The highest BCUT2D eigenvalue weighted by Gasteiger charge is 2.50. The molecule has 2 aliphatic rings. The number of amides is 2. The fourth-order valence-corrected chi connectivity index (χ4v) is 3.86. The average molecular weight is 365 g/mol. The van der Waals surface area contributed by atoms with Crippen LogP contribution < -0.4 is 10.6 Å². The van der Waals surface area contributed by atoms with E-state index in [1.807, 2.05) is 6.92 Å². The van der Waals surface area contributed by atoms with Gasteiger partial charge >= 0.3 is 0 Å². The molecule has 2 atom stereocenters. The topological polar surface area (TPSA) is 104 Å². The number of hydrogen-bond acceptors (Lipinski definition) is 6. The number of likely N-dealkylation sites (tertiary alicyclic amines) is 1. The van der Waals surface area contributed by atoms with Crippen molar-refractivity contribution in [3.63, 3.8) is 0 Å². The summed E-state index contributed by atoms with van der Waals surface area (Å²) >= 11 is 0. The van der Waals surface area contributed by atoms with Gasteiger partial charge in [0.1, 0.15) is 6.10 Å². The summed E-state index contributed by atoms with van der Waals surface area (Å²) < 4.78 is 11.2. The van der Waals surface area contributed by atoms with E-state index in [9.17, 15) is 14.7 Å². The van der Waals surface area contributed by atoms with Gasteiger partial charge in [-0.05, 0) is 31.9 Å². The highest BCUT2D eigenvalue weighted by atomic mass is 16.5. The first-order chi connectivity index (χ1) is 12.4. The molecule has 0 saturated carbocycles. The molecule has 0 aromatic carbocycles. The largest absolute Gasteiger partial charge is 0.459 e. The molecule has 8 heteroatoms. The number of rotatable bonds is 4. The number of piperidine rings is 1. The lowest BCUT2D eigenvalue weighted by Gasteiger charge is -2.51. The van der Waals surface area contributed by atoms with Gasteiger partial charge in [-0.25, -0.2) is 0 Å². The van der Waals surface area contributed by atoms with Crippen molar-refractivity contribution in [3.05, 3.63) is 24.2 Å². The third kappa shape index (κ3) is 3.92. The molecular weight excluding hydrogens is 338 g/mol. The van der Waals surface area contributed by atoms with Crippen molar-refractivity contribution < 1.29 is 23.8 Å². The molecule has 0 bridgehead atoms. The average Bonchev–Trinajstić information content (AvgIpc) is 3.15. The van der Waals surface area contributed by atoms with Crippen LogP contribution in [0.5, 0.6) is 0 Å². The fourth-order valence-electron chi connectivity index (χ4n) is 3.86. The maximum Gasteiger partial charge on any atom is 0.287 e. The summed E-state index contributed by atoms with van der Waals surface area (Å²) in [5, 5.41) is 16.0. The third-order valence-electron chi connectivity index (χ3n) is 5.53. The van der Waals surface area contributed by atoms with Gasteiger partial charge in [-0.1, -0.05) is 0 Å². The molecule has 3 rings (SSSR count). The van der Waals surface area contributed by atoms with Gasteiger partial charge < -0.3 is 24.9 Å². The molecule has 0 aliphatic carbocycles. The number of nitrogens with zero attached hydrogens (tertiary/aromatic N) is 1. The normalized spacial score (nSPS) is 28.7. The molecule has 2 fully saturated rings. The second kappa shape index (κ2) is 7.38. The first-order valence-corrected chi connectivity index (χ1v) is 8.97. The summed E-state index contributed by atoms with van der Waals surface area (Å²) in [5.74, 6) is -0.124. The number of nitrogens with one attached hydrogen (secondary N) is 2. The molecule has 1 aromatic heterocycles. The van der Waals surface area contributed by atoms with E-state index in [0.717, 1.165) is 25.9 Å². The number of hydrogen-bond donors (Lipinski definition) is 3. The number of aliphatic hydroxyl groups excluding tert-OH is 1. The maximum absolute atomic E-state index is 12.4. The molecule has 2 saturated heterocycles. The molecule has 0 radical (unpaired) electrons. The summed E-state index contributed by atoms with van der Waals surface area (Å²) in [6.07, 6.45) is 2.67. The van der Waals surface area contributed by atoms with Gasteiger partial charge in [-0.2, -0.15) is 0 Å². The Labute approximate surface area is 152 Å². The number of carbonyl (C=O) groups is 2. The lowest BCUT2D eigenvalue weighted by molar-refractivity contribution is -0.177. The summed E-state index contributed by atoms with van der Waals surface area (Å²) in [4.78, 5) is 26.0. The second-order valence-corrected chi connectivity index (χ2v) is 7.48. The SMILES string of the molecule is CNC(=O)CN1CCC2(CC1)C[C@@](C)(NC(=O)c1ccco1)[C@H](O)CO2. The number of ether oxygens (including phenoxy) is 1. The molecule has 8 nitrogen and oxygen atoms in total. The van der Waals surface area contributed by atoms with Crippen LogP contribution in [0, 0.1) is 0 Å². The zero-order valence-corrected chi connectivity index (χ0v) is 15.3. The molecular formula is C18H27N3O5. The van der Waals surface area contributed by atoms with Gasteiger partial charge in [0.05, 0.1) is 30.6 Å². The van der Waals surface area contributed by atoms with Crippen LogP contribution in [0.2, 0.25) is 0 Å². The number of carbonyl (C=O) groups excluding carboxylic acids is 2. The van der Waals surface area contributed by atoms with Crippen molar-refractivity contribution in [2.24, 2.45) is 0 Å². The Balaban J connectivity index is 1.64. The third-order valence-corrected chi connectivity index (χ3v) is 5.53. The van der Waals surface area contributed by atoms with E-state index in [2.05, 4.69) is 15.5 Å². The van der Waals surface area contributed by atoms with Crippen LogP contribution in [-0.4, -0.2) is 72.4 Å². The van der Waals surface area contributed by atoms with E-state index in [4.69, 9.17) is 9.15 Å². The molecule has 144 valence electrons. The minimum Gasteiger partial charge on any atom is -0.459 e. The van der Waals surface area contributed by atoms with Crippen molar-refractivity contribution in [1.82, 2.24) is 15.5 Å². The lowest BCUT2D eigenvalue weighted by atomic mass is 9.74. The highest BCUT2D eigenvalue weighted by molar-refractivity contribution is 5.92. The Morgan fingerprint density at radius 3 is 2.73 bits per heavy atom. The van der Waals surface area contributed by atoms with Crippen LogP contribution in [-0.2, 0) is 9.53 Å². The van der Waals surface area contributed by atoms with Gasteiger partial charge in [-0.3, -0.25) is 14.5 Å². The van der Waals surface area contributed by atoms with E-state index in [-0.39, 0.29) is 24.2 Å². The number of aliphatic hydroxyl groups is 1. The Morgan fingerprint density at radius 2 is 2.12 bits per heavy atom. The van der Waals surface area contributed by atoms with Gasteiger partial charge in [-0.15, -0.1) is 0 Å². The Kier molecular flexibility index (Phi) is 5.36. The number of furan rings is 1. The van der Waals surface area contributed by atoms with Crippen LogP contribution in [0.25, 0.3) is 0 Å². The lowest BCUT2D eigenvalue weighted by Crippen LogP contribution is -2.65. The highest BCUT2D eigenvalue weighted by Crippen LogP contribution is 2.39. The van der Waals surface area contributed by atoms with Crippen LogP contribution in [0.4, 0.5) is 0 Å². The molecule has 2 aliphatic heterocycles. The monoisotopic (exact) mass is 365 g/mol. The number of likely N-dealkylation sites (N-methyl/N-ethyl adjacent to an activating group) is 1. The fraction of sp³-hybridized carbons (Fsp3) is 0.667. The Hall–Kier alpha value is -1.90. The van der Waals surface area contributed by atoms with Crippen molar-refractivity contribution >= 4 is 11.8 Å². The van der Waals surface area contributed by atoms with E-state index >= 15 is 0 Å². The quantitative estimate of drug-likeness (QED) is 0.701. The van der Waals surface area contributed by atoms with Crippen molar-refractivity contribution in [1.29, 1.82) is 0 Å². The van der Waals surface area contributed by atoms with Crippen LogP contribution in [0.3, 0.4) is 0 Å². The van der Waals surface area contributed by atoms with E-state index in [1.165, 1.54) is 6.26 Å². The van der Waals surface area contributed by atoms with Crippen LogP contribution in [0.15, 0.2) is 22.8 Å². The van der Waals surface area contributed by atoms with Crippen LogP contribution >= 0.6 is 0 Å². The van der Waals surface area contributed by atoms with Gasteiger partial charge in [0.2, 0.25) is 5.91 Å².